The number of carbonyl (C=O) groups is 1. The van der Waals surface area contributed by atoms with E-state index in [-0.39, 0.29) is 11.3 Å². The van der Waals surface area contributed by atoms with Crippen LogP contribution in [-0.2, 0) is 10.2 Å². The van der Waals surface area contributed by atoms with Gasteiger partial charge in [-0.25, -0.2) is 0 Å². The molecule has 1 aliphatic rings. The average molecular weight is 422 g/mol. The van der Waals surface area contributed by atoms with Crippen molar-refractivity contribution in [3.8, 4) is 0 Å². The summed E-state index contributed by atoms with van der Waals surface area (Å²) in [6, 6.07) is 8.45. The number of aromatic nitrogens is 2. The van der Waals surface area contributed by atoms with Crippen molar-refractivity contribution in [2.45, 2.75) is 72.8 Å². The van der Waals surface area contributed by atoms with Crippen molar-refractivity contribution < 1.29 is 4.79 Å². The number of anilines is 1. The highest BCUT2D eigenvalue weighted by Gasteiger charge is 2.18. The molecule has 1 fully saturated rings. The van der Waals surface area contributed by atoms with E-state index < -0.39 is 0 Å². The summed E-state index contributed by atoms with van der Waals surface area (Å²) in [5, 5.41) is 12.5. The Kier molecular flexibility index (Phi) is 7.22. The maximum Gasteiger partial charge on any atom is 0.236 e. The molecule has 1 aromatic carbocycles. The van der Waals surface area contributed by atoms with Crippen LogP contribution >= 0.6 is 34.9 Å². The van der Waals surface area contributed by atoms with Gasteiger partial charge in [0.15, 0.2) is 4.34 Å². The third-order valence-electron chi connectivity index (χ3n) is 4.56. The van der Waals surface area contributed by atoms with Crippen LogP contribution in [0, 0.1) is 0 Å². The molecule has 1 amide bonds. The lowest BCUT2D eigenvalue weighted by Crippen LogP contribution is -2.14. The van der Waals surface area contributed by atoms with Crippen LogP contribution in [0.15, 0.2) is 33.5 Å². The third-order valence-corrected chi connectivity index (χ3v) is 7.83. The van der Waals surface area contributed by atoms with Crippen LogP contribution in [0.3, 0.4) is 0 Å². The molecule has 1 N–H and O–H groups in total. The molecule has 146 valence electrons. The molecule has 3 rings (SSSR count). The lowest BCUT2D eigenvalue weighted by Gasteiger charge is -2.19. The Morgan fingerprint density at radius 2 is 1.85 bits per heavy atom. The number of nitrogens with zero attached hydrogens (tertiary/aromatic N) is 2. The van der Waals surface area contributed by atoms with E-state index in [4.69, 9.17) is 0 Å². The van der Waals surface area contributed by atoms with E-state index in [0.29, 0.717) is 16.1 Å². The van der Waals surface area contributed by atoms with E-state index in [1.807, 2.05) is 11.8 Å². The monoisotopic (exact) mass is 421 g/mol. The minimum atomic E-state index is -0.0368. The molecule has 2 aromatic rings. The first kappa shape index (κ1) is 20.7. The Hall–Kier alpha value is -1.05. The maximum absolute atomic E-state index is 12.2. The van der Waals surface area contributed by atoms with E-state index in [0.717, 1.165) is 9.24 Å². The largest absolute Gasteiger partial charge is 0.300 e. The number of benzene rings is 1. The van der Waals surface area contributed by atoms with Gasteiger partial charge < -0.3 is 0 Å². The number of hydrogen-bond donors (Lipinski definition) is 1. The SMILES string of the molecule is CC(C)(C)c1ccc(SCC(=O)Nc2nnc(SC3CCCCC3)s2)cc1. The van der Waals surface area contributed by atoms with Crippen LogP contribution in [-0.4, -0.2) is 27.1 Å². The number of nitrogens with one attached hydrogen (secondary N) is 1. The summed E-state index contributed by atoms with van der Waals surface area (Å²) < 4.78 is 0.961. The topological polar surface area (TPSA) is 54.9 Å². The molecule has 1 saturated carbocycles. The van der Waals surface area contributed by atoms with Crippen LogP contribution in [0.25, 0.3) is 0 Å². The summed E-state index contributed by atoms with van der Waals surface area (Å²) in [7, 11) is 0. The first-order valence-electron chi connectivity index (χ1n) is 9.43. The second kappa shape index (κ2) is 9.43. The molecule has 0 bridgehead atoms. The van der Waals surface area contributed by atoms with Crippen molar-refractivity contribution in [1.82, 2.24) is 10.2 Å². The highest BCUT2D eigenvalue weighted by atomic mass is 32.2. The van der Waals surface area contributed by atoms with Gasteiger partial charge in [-0.3, -0.25) is 10.1 Å². The molecule has 0 saturated heterocycles. The molecule has 1 aromatic heterocycles. The molecular weight excluding hydrogens is 394 g/mol. The Morgan fingerprint density at radius 1 is 1.15 bits per heavy atom. The van der Waals surface area contributed by atoms with E-state index in [9.17, 15) is 4.79 Å². The van der Waals surface area contributed by atoms with Gasteiger partial charge >= 0.3 is 0 Å². The van der Waals surface area contributed by atoms with Gasteiger partial charge in [-0.2, -0.15) is 0 Å². The zero-order valence-electron chi connectivity index (χ0n) is 16.2. The second-order valence-electron chi connectivity index (χ2n) is 7.86. The van der Waals surface area contributed by atoms with Crippen LogP contribution in [0.5, 0.6) is 0 Å². The maximum atomic E-state index is 12.2. The van der Waals surface area contributed by atoms with Crippen LogP contribution in [0.4, 0.5) is 5.13 Å². The van der Waals surface area contributed by atoms with Crippen molar-refractivity contribution in [3.63, 3.8) is 0 Å². The van der Waals surface area contributed by atoms with Crippen LogP contribution in [0.1, 0.15) is 58.4 Å². The van der Waals surface area contributed by atoms with Gasteiger partial charge in [-0.1, -0.05) is 75.3 Å². The molecule has 4 nitrogen and oxygen atoms in total. The molecule has 1 aliphatic carbocycles. The van der Waals surface area contributed by atoms with Gasteiger partial charge in [0, 0.05) is 10.1 Å². The molecule has 0 radical (unpaired) electrons. The van der Waals surface area contributed by atoms with Crippen molar-refractivity contribution in [2.24, 2.45) is 0 Å². The molecule has 7 heteroatoms. The number of rotatable bonds is 6. The van der Waals surface area contributed by atoms with Gasteiger partial charge in [0.1, 0.15) is 0 Å². The highest BCUT2D eigenvalue weighted by Crippen LogP contribution is 2.36. The number of amides is 1. The van der Waals surface area contributed by atoms with Crippen molar-refractivity contribution in [2.75, 3.05) is 11.1 Å². The first-order valence-corrected chi connectivity index (χ1v) is 12.1. The normalized spacial score (nSPS) is 15.7. The minimum Gasteiger partial charge on any atom is -0.300 e. The quantitative estimate of drug-likeness (QED) is 0.458. The Morgan fingerprint density at radius 3 is 2.52 bits per heavy atom. The fourth-order valence-electron chi connectivity index (χ4n) is 2.99. The summed E-state index contributed by atoms with van der Waals surface area (Å²) in [5.41, 5.74) is 1.44. The third kappa shape index (κ3) is 6.50. The molecular formula is C20H27N3OS3. The van der Waals surface area contributed by atoms with E-state index in [1.165, 1.54) is 49.0 Å². The Balaban J connectivity index is 1.45. The number of carbonyl (C=O) groups excluding carboxylic acids is 1. The predicted molar refractivity (Wildman–Crippen MR) is 117 cm³/mol. The fourth-order valence-corrected chi connectivity index (χ4v) is 5.96. The minimum absolute atomic E-state index is 0.0368. The molecule has 1 heterocycles. The fraction of sp³-hybridized carbons (Fsp3) is 0.550. The van der Waals surface area contributed by atoms with Gasteiger partial charge in [0.25, 0.3) is 0 Å². The van der Waals surface area contributed by atoms with Crippen molar-refractivity contribution in [3.05, 3.63) is 29.8 Å². The van der Waals surface area contributed by atoms with Crippen LogP contribution < -0.4 is 5.32 Å². The number of thioether (sulfide) groups is 2. The van der Waals surface area contributed by atoms with Crippen molar-refractivity contribution >= 4 is 45.9 Å². The van der Waals surface area contributed by atoms with Gasteiger partial charge in [0.2, 0.25) is 11.0 Å². The predicted octanol–water partition coefficient (Wildman–Crippen LogP) is 5.99. The summed E-state index contributed by atoms with van der Waals surface area (Å²) >= 11 is 4.84. The molecule has 27 heavy (non-hydrogen) atoms. The summed E-state index contributed by atoms with van der Waals surface area (Å²) in [5.74, 6) is 0.338. The number of hydrogen-bond acceptors (Lipinski definition) is 6. The van der Waals surface area contributed by atoms with Crippen molar-refractivity contribution in [1.29, 1.82) is 0 Å². The smallest absolute Gasteiger partial charge is 0.236 e. The molecule has 0 atom stereocenters. The average Bonchev–Trinajstić information content (AvgIpc) is 3.07. The lowest BCUT2D eigenvalue weighted by atomic mass is 9.87. The van der Waals surface area contributed by atoms with E-state index in [1.54, 1.807) is 11.8 Å². The zero-order valence-corrected chi connectivity index (χ0v) is 18.6. The van der Waals surface area contributed by atoms with Gasteiger partial charge in [0.05, 0.1) is 5.75 Å². The summed E-state index contributed by atoms with van der Waals surface area (Å²) in [6.07, 6.45) is 6.50. The van der Waals surface area contributed by atoms with E-state index >= 15 is 0 Å². The molecule has 0 unspecified atom stereocenters. The van der Waals surface area contributed by atoms with E-state index in [2.05, 4.69) is 60.6 Å². The van der Waals surface area contributed by atoms with Gasteiger partial charge in [-0.15, -0.1) is 22.0 Å². The zero-order chi connectivity index (χ0) is 19.3. The Labute approximate surface area is 174 Å². The second-order valence-corrected chi connectivity index (χ2v) is 11.4. The first-order chi connectivity index (χ1) is 12.9. The van der Waals surface area contributed by atoms with Crippen LogP contribution in [0.2, 0.25) is 0 Å². The standard InChI is InChI=1S/C20H27N3OS3/c1-20(2,3)14-9-11-15(12-10-14)25-13-17(24)21-18-22-23-19(27-18)26-16-7-5-4-6-8-16/h9-12,16H,4-8,13H2,1-3H3,(H,21,22,24). The summed E-state index contributed by atoms with van der Waals surface area (Å²) in [6.45, 7) is 6.60. The molecule has 0 aliphatic heterocycles. The van der Waals surface area contributed by atoms with Gasteiger partial charge in [-0.05, 0) is 36.0 Å². The Bertz CT molecular complexity index is 747. The summed E-state index contributed by atoms with van der Waals surface area (Å²) in [4.78, 5) is 13.3. The molecule has 0 spiro atoms. The lowest BCUT2D eigenvalue weighted by molar-refractivity contribution is -0.113. The highest BCUT2D eigenvalue weighted by molar-refractivity contribution is 8.01.